The predicted molar refractivity (Wildman–Crippen MR) is 121 cm³/mol. The van der Waals surface area contributed by atoms with Gasteiger partial charge in [0.05, 0.1) is 6.54 Å². The minimum Gasteiger partial charge on any atom is -0.355 e. The van der Waals surface area contributed by atoms with E-state index in [9.17, 15) is 24.0 Å². The molecule has 1 unspecified atom stereocenters. The summed E-state index contributed by atoms with van der Waals surface area (Å²) < 4.78 is 0. The first kappa shape index (κ1) is 30.5. The Labute approximate surface area is 186 Å². The van der Waals surface area contributed by atoms with Crippen LogP contribution in [-0.2, 0) is 24.0 Å². The third-order valence-electron chi connectivity index (χ3n) is 4.09. The highest BCUT2D eigenvalue weighted by Crippen LogP contribution is 2.05. The lowest BCUT2D eigenvalue weighted by Crippen LogP contribution is -2.51. The van der Waals surface area contributed by atoms with Crippen molar-refractivity contribution in [1.29, 1.82) is 0 Å². The highest BCUT2D eigenvalue weighted by atomic mass is 16.2. The van der Waals surface area contributed by atoms with Gasteiger partial charge in [-0.3, -0.25) is 28.9 Å². The molecule has 0 saturated heterocycles. The zero-order chi connectivity index (χ0) is 24.2. The minimum atomic E-state index is -0.721. The van der Waals surface area contributed by atoms with Gasteiger partial charge in [0.1, 0.15) is 6.04 Å². The van der Waals surface area contributed by atoms with Crippen LogP contribution >= 0.6 is 0 Å². The molecular weight excluding hydrogens is 400 g/mol. The summed E-state index contributed by atoms with van der Waals surface area (Å²) >= 11 is 0. The predicted octanol–water partition coefficient (Wildman–Crippen LogP) is 1.53. The molecule has 0 saturated carbocycles. The Morgan fingerprint density at radius 1 is 0.968 bits per heavy atom. The number of nitrogens with zero attached hydrogens (tertiary/aromatic N) is 1. The van der Waals surface area contributed by atoms with Crippen molar-refractivity contribution in [3.05, 3.63) is 12.2 Å². The van der Waals surface area contributed by atoms with Crippen molar-refractivity contribution in [2.45, 2.75) is 73.3 Å². The lowest BCUT2D eigenvalue weighted by Gasteiger charge is -2.21. The van der Waals surface area contributed by atoms with E-state index in [4.69, 9.17) is 0 Å². The van der Waals surface area contributed by atoms with Crippen molar-refractivity contribution in [2.24, 2.45) is 5.92 Å². The molecule has 0 rings (SSSR count). The summed E-state index contributed by atoms with van der Waals surface area (Å²) in [5, 5.41) is 7.82. The van der Waals surface area contributed by atoms with Gasteiger partial charge in [-0.25, -0.2) is 0 Å². The number of allylic oxidation sites excluding steroid dienone is 1. The van der Waals surface area contributed by atoms with Crippen LogP contribution in [0.4, 0.5) is 0 Å². The number of carbonyl (C=O) groups excluding carboxylic acids is 5. The van der Waals surface area contributed by atoms with Gasteiger partial charge in [-0.2, -0.15) is 0 Å². The monoisotopic (exact) mass is 440 g/mol. The molecule has 0 fully saturated rings. The lowest BCUT2D eigenvalue weighted by atomic mass is 10.0. The SMILES string of the molecule is C/C=C\C(=O)N(C=O)CCCCCC(=O)NC(C(=O)NCC(=O)NCC)C(C)C.CC. The summed E-state index contributed by atoms with van der Waals surface area (Å²) in [4.78, 5) is 59.5. The maximum atomic E-state index is 12.2. The van der Waals surface area contributed by atoms with Gasteiger partial charge in [0.25, 0.3) is 5.91 Å². The highest BCUT2D eigenvalue weighted by molar-refractivity contribution is 5.94. The maximum Gasteiger partial charge on any atom is 0.252 e. The zero-order valence-corrected chi connectivity index (χ0v) is 19.8. The van der Waals surface area contributed by atoms with E-state index in [1.54, 1.807) is 19.9 Å². The number of hydrogen-bond acceptors (Lipinski definition) is 5. The minimum absolute atomic E-state index is 0.132. The summed E-state index contributed by atoms with van der Waals surface area (Å²) in [5.41, 5.74) is 0. The lowest BCUT2D eigenvalue weighted by molar-refractivity contribution is -0.134. The standard InChI is InChI=1S/C20H34N4O5.C2H6/c1-5-10-18(28)24(14-25)12-9-7-8-11-16(26)23-19(15(3)4)20(29)22-13-17(27)21-6-2;1-2/h5,10,14-15,19H,6-9,11-13H2,1-4H3,(H,21,27)(H,22,29)(H,23,26);1-2H3/b10-5-;. The van der Waals surface area contributed by atoms with Crippen LogP contribution in [0.2, 0.25) is 0 Å². The topological polar surface area (TPSA) is 125 Å². The normalized spacial score (nSPS) is 11.2. The van der Waals surface area contributed by atoms with Crippen LogP contribution in [0.5, 0.6) is 0 Å². The summed E-state index contributed by atoms with van der Waals surface area (Å²) in [7, 11) is 0. The number of unbranched alkanes of at least 4 members (excludes halogenated alkanes) is 2. The second-order valence-corrected chi connectivity index (χ2v) is 6.91. The van der Waals surface area contributed by atoms with Crippen molar-refractivity contribution >= 4 is 30.0 Å². The molecule has 0 heterocycles. The Bertz CT molecular complexity index is 590. The maximum absolute atomic E-state index is 12.2. The molecule has 9 heteroatoms. The Balaban J connectivity index is 0. The van der Waals surface area contributed by atoms with E-state index in [2.05, 4.69) is 16.0 Å². The number of nitrogens with one attached hydrogen (secondary N) is 3. The van der Waals surface area contributed by atoms with Gasteiger partial charge in [-0.15, -0.1) is 0 Å². The van der Waals surface area contributed by atoms with Crippen LogP contribution in [0.15, 0.2) is 12.2 Å². The Kier molecular flexibility index (Phi) is 18.9. The molecule has 0 aliphatic carbocycles. The molecule has 3 N–H and O–H groups in total. The molecular formula is C22H40N4O5. The van der Waals surface area contributed by atoms with Gasteiger partial charge in [0.15, 0.2) is 0 Å². The number of amides is 5. The van der Waals surface area contributed by atoms with E-state index in [1.807, 2.05) is 27.7 Å². The van der Waals surface area contributed by atoms with Gasteiger partial charge in [-0.1, -0.05) is 40.2 Å². The quantitative estimate of drug-likeness (QED) is 0.215. The van der Waals surface area contributed by atoms with Crippen molar-refractivity contribution < 1.29 is 24.0 Å². The molecule has 5 amide bonds. The highest BCUT2D eigenvalue weighted by Gasteiger charge is 2.24. The van der Waals surface area contributed by atoms with Crippen molar-refractivity contribution in [2.75, 3.05) is 19.6 Å². The number of rotatable bonds is 14. The molecule has 0 aromatic heterocycles. The molecule has 9 nitrogen and oxygen atoms in total. The van der Waals surface area contributed by atoms with Crippen molar-refractivity contribution in [3.8, 4) is 0 Å². The zero-order valence-electron chi connectivity index (χ0n) is 19.8. The summed E-state index contributed by atoms with van der Waals surface area (Å²) in [5.74, 6) is -1.43. The average molecular weight is 441 g/mol. The number of carbonyl (C=O) groups is 5. The number of hydrogen-bond donors (Lipinski definition) is 3. The third kappa shape index (κ3) is 14.8. The van der Waals surface area contributed by atoms with Crippen molar-refractivity contribution in [3.63, 3.8) is 0 Å². The molecule has 0 bridgehead atoms. The summed E-state index contributed by atoms with van der Waals surface area (Å²) in [6.07, 6.45) is 5.46. The largest absolute Gasteiger partial charge is 0.355 e. The fourth-order valence-corrected chi connectivity index (χ4v) is 2.52. The first-order valence-electron chi connectivity index (χ1n) is 11.0. The van der Waals surface area contributed by atoms with Gasteiger partial charge in [0.2, 0.25) is 24.1 Å². The second-order valence-electron chi connectivity index (χ2n) is 6.91. The van der Waals surface area contributed by atoms with E-state index < -0.39 is 11.9 Å². The summed E-state index contributed by atoms with van der Waals surface area (Å²) in [6.45, 7) is 11.7. The first-order chi connectivity index (χ1) is 14.8. The molecule has 0 aromatic carbocycles. The van der Waals surface area contributed by atoms with Crippen molar-refractivity contribution in [1.82, 2.24) is 20.9 Å². The van der Waals surface area contributed by atoms with Gasteiger partial charge in [-0.05, 0) is 38.7 Å². The smallest absolute Gasteiger partial charge is 0.252 e. The Morgan fingerprint density at radius 2 is 1.61 bits per heavy atom. The molecule has 0 spiro atoms. The van der Waals surface area contributed by atoms with Gasteiger partial charge in [0, 0.05) is 19.5 Å². The molecule has 0 aliphatic heterocycles. The van der Waals surface area contributed by atoms with Crippen LogP contribution in [0.3, 0.4) is 0 Å². The van der Waals surface area contributed by atoms with Crippen LogP contribution in [-0.4, -0.2) is 60.6 Å². The fraction of sp³-hybridized carbons (Fsp3) is 0.682. The molecule has 0 radical (unpaired) electrons. The van der Waals surface area contributed by atoms with Crippen LogP contribution in [0, 0.1) is 5.92 Å². The summed E-state index contributed by atoms with van der Waals surface area (Å²) in [6, 6.07) is -0.721. The van der Waals surface area contributed by atoms with Crippen LogP contribution in [0.1, 0.15) is 67.2 Å². The van der Waals surface area contributed by atoms with E-state index in [1.165, 1.54) is 6.08 Å². The van der Waals surface area contributed by atoms with Crippen LogP contribution < -0.4 is 16.0 Å². The van der Waals surface area contributed by atoms with Gasteiger partial charge >= 0.3 is 0 Å². The Hall–Kier alpha value is -2.71. The number of imide groups is 1. The molecule has 178 valence electrons. The Morgan fingerprint density at radius 3 is 2.13 bits per heavy atom. The van der Waals surface area contributed by atoms with E-state index in [-0.39, 0.29) is 36.6 Å². The van der Waals surface area contributed by atoms with E-state index >= 15 is 0 Å². The third-order valence-corrected chi connectivity index (χ3v) is 4.09. The second kappa shape index (κ2) is 19.3. The molecule has 0 aromatic rings. The molecule has 31 heavy (non-hydrogen) atoms. The van der Waals surface area contributed by atoms with Gasteiger partial charge < -0.3 is 16.0 Å². The van der Waals surface area contributed by atoms with E-state index in [0.29, 0.717) is 38.8 Å². The van der Waals surface area contributed by atoms with Crippen LogP contribution in [0.25, 0.3) is 0 Å². The first-order valence-corrected chi connectivity index (χ1v) is 11.0. The molecule has 1 atom stereocenters. The fourth-order valence-electron chi connectivity index (χ4n) is 2.52. The number of likely N-dealkylation sites (N-methyl/N-ethyl adjacent to an activating group) is 1. The molecule has 0 aliphatic rings. The van der Waals surface area contributed by atoms with E-state index in [0.717, 1.165) is 4.90 Å². The average Bonchev–Trinajstić information content (AvgIpc) is 2.74.